The third-order valence-corrected chi connectivity index (χ3v) is 6.96. The van der Waals surface area contributed by atoms with Crippen LogP contribution >= 0.6 is 0 Å². The predicted molar refractivity (Wildman–Crippen MR) is 133 cm³/mol. The minimum Gasteiger partial charge on any atom is -0.369 e. The zero-order chi connectivity index (χ0) is 24.1. The standard InChI is InChI=1S/C26H28FN7O/c1-17-11-23(27)21(26(35)30-19-3-4-19)13-24(17)34-16-18(14-28-34)22-15-29-33-6-5-20(12-25(22)33)32-9-7-31(2)8-10-32/h5-6,11-16,19H,3-4,7-10H2,1-2H3,(H,30,35). The number of rotatable bonds is 5. The van der Waals surface area contributed by atoms with E-state index >= 15 is 0 Å². The van der Waals surface area contributed by atoms with E-state index in [1.165, 1.54) is 11.8 Å². The number of piperazine rings is 1. The lowest BCUT2D eigenvalue weighted by molar-refractivity contribution is 0.0947. The molecule has 1 aliphatic carbocycles. The third kappa shape index (κ3) is 4.16. The molecule has 0 radical (unpaired) electrons. The van der Waals surface area contributed by atoms with E-state index in [1.54, 1.807) is 16.9 Å². The summed E-state index contributed by atoms with van der Waals surface area (Å²) in [5.41, 5.74) is 5.48. The summed E-state index contributed by atoms with van der Waals surface area (Å²) in [6.45, 7) is 5.90. The van der Waals surface area contributed by atoms with Crippen LogP contribution in [-0.2, 0) is 0 Å². The number of likely N-dealkylation sites (N-methyl/N-ethyl adjacent to an activating group) is 1. The maximum absolute atomic E-state index is 14.6. The minimum atomic E-state index is -0.518. The smallest absolute Gasteiger partial charge is 0.254 e. The van der Waals surface area contributed by atoms with Gasteiger partial charge in [-0.15, -0.1) is 0 Å². The van der Waals surface area contributed by atoms with Gasteiger partial charge in [-0.1, -0.05) is 0 Å². The van der Waals surface area contributed by atoms with Gasteiger partial charge < -0.3 is 15.1 Å². The molecule has 1 aromatic carbocycles. The first-order chi connectivity index (χ1) is 17.0. The van der Waals surface area contributed by atoms with Crippen LogP contribution < -0.4 is 10.2 Å². The summed E-state index contributed by atoms with van der Waals surface area (Å²) >= 11 is 0. The molecule has 1 amide bonds. The number of carbonyl (C=O) groups is 1. The number of halogens is 1. The summed E-state index contributed by atoms with van der Waals surface area (Å²) in [5, 5.41) is 11.9. The highest BCUT2D eigenvalue weighted by Gasteiger charge is 2.26. The number of carbonyl (C=O) groups excluding carboxylic acids is 1. The first-order valence-electron chi connectivity index (χ1n) is 12.0. The van der Waals surface area contributed by atoms with Crippen LogP contribution in [0, 0.1) is 12.7 Å². The van der Waals surface area contributed by atoms with Crippen LogP contribution in [0.4, 0.5) is 10.1 Å². The van der Waals surface area contributed by atoms with Crippen molar-refractivity contribution in [1.29, 1.82) is 0 Å². The van der Waals surface area contributed by atoms with Crippen molar-refractivity contribution >= 4 is 17.1 Å². The maximum Gasteiger partial charge on any atom is 0.254 e. The number of nitrogens with one attached hydrogen (secondary N) is 1. The van der Waals surface area contributed by atoms with E-state index in [-0.39, 0.29) is 17.5 Å². The lowest BCUT2D eigenvalue weighted by Gasteiger charge is -2.34. The van der Waals surface area contributed by atoms with E-state index in [4.69, 9.17) is 0 Å². The monoisotopic (exact) mass is 473 g/mol. The number of nitrogens with zero attached hydrogens (tertiary/aromatic N) is 6. The van der Waals surface area contributed by atoms with E-state index in [0.29, 0.717) is 11.3 Å². The van der Waals surface area contributed by atoms with E-state index in [1.807, 2.05) is 30.0 Å². The van der Waals surface area contributed by atoms with Gasteiger partial charge in [0.15, 0.2) is 0 Å². The summed E-state index contributed by atoms with van der Waals surface area (Å²) in [6.07, 6.45) is 9.42. The molecule has 1 saturated carbocycles. The van der Waals surface area contributed by atoms with Gasteiger partial charge in [0.2, 0.25) is 0 Å². The summed E-state index contributed by atoms with van der Waals surface area (Å²) in [6, 6.07) is 7.43. The van der Waals surface area contributed by atoms with Crippen LogP contribution in [0.25, 0.3) is 22.3 Å². The molecule has 0 spiro atoms. The van der Waals surface area contributed by atoms with Crippen LogP contribution in [0.1, 0.15) is 28.8 Å². The number of anilines is 1. The van der Waals surface area contributed by atoms with Gasteiger partial charge in [0.05, 0.1) is 29.2 Å². The van der Waals surface area contributed by atoms with Gasteiger partial charge in [-0.2, -0.15) is 10.2 Å². The second kappa shape index (κ2) is 8.49. The SMILES string of the molecule is Cc1cc(F)c(C(=O)NC2CC2)cc1-n1cc(-c2cnn3ccc(N4CCN(C)CC4)cc23)cn1. The Labute approximate surface area is 202 Å². The summed E-state index contributed by atoms with van der Waals surface area (Å²) in [4.78, 5) is 17.3. The minimum absolute atomic E-state index is 0.0438. The Morgan fingerprint density at radius 1 is 1.09 bits per heavy atom. The number of fused-ring (bicyclic) bond motifs is 1. The highest BCUT2D eigenvalue weighted by Crippen LogP contribution is 2.29. The van der Waals surface area contributed by atoms with Crippen molar-refractivity contribution in [3.8, 4) is 16.8 Å². The van der Waals surface area contributed by atoms with Crippen LogP contribution in [0.5, 0.6) is 0 Å². The van der Waals surface area contributed by atoms with Crippen LogP contribution in [0.3, 0.4) is 0 Å². The zero-order valence-corrected chi connectivity index (χ0v) is 19.9. The fourth-order valence-corrected chi connectivity index (χ4v) is 4.62. The molecule has 3 aromatic heterocycles. The molecule has 1 aliphatic heterocycles. The number of pyridine rings is 1. The van der Waals surface area contributed by atoms with Crippen molar-refractivity contribution in [3.63, 3.8) is 0 Å². The second-order valence-corrected chi connectivity index (χ2v) is 9.60. The molecule has 1 N–H and O–H groups in total. The van der Waals surface area contributed by atoms with Gasteiger partial charge in [-0.25, -0.2) is 13.6 Å². The molecule has 2 aliphatic rings. The van der Waals surface area contributed by atoms with Crippen molar-refractivity contribution in [2.45, 2.75) is 25.8 Å². The van der Waals surface area contributed by atoms with Crippen LogP contribution in [0.15, 0.2) is 49.1 Å². The van der Waals surface area contributed by atoms with Crippen molar-refractivity contribution in [2.75, 3.05) is 38.1 Å². The first-order valence-corrected chi connectivity index (χ1v) is 12.0. The average Bonchev–Trinajstić information content (AvgIpc) is 3.36. The van der Waals surface area contributed by atoms with Gasteiger partial charge in [0.1, 0.15) is 5.82 Å². The lowest BCUT2D eigenvalue weighted by Crippen LogP contribution is -2.44. The van der Waals surface area contributed by atoms with Gasteiger partial charge in [-0.05, 0) is 56.6 Å². The Bertz CT molecular complexity index is 1410. The normalized spacial score (nSPS) is 16.7. The molecule has 0 unspecified atom stereocenters. The molecule has 180 valence electrons. The summed E-state index contributed by atoms with van der Waals surface area (Å²) < 4.78 is 18.1. The maximum atomic E-state index is 14.6. The van der Waals surface area contributed by atoms with Crippen molar-refractivity contribution in [3.05, 3.63) is 66.0 Å². The van der Waals surface area contributed by atoms with Crippen molar-refractivity contribution in [2.24, 2.45) is 0 Å². The molecule has 0 bridgehead atoms. The molecule has 9 heteroatoms. The number of aromatic nitrogens is 4. The Morgan fingerprint density at radius 3 is 2.66 bits per heavy atom. The Balaban J connectivity index is 1.33. The zero-order valence-electron chi connectivity index (χ0n) is 19.9. The van der Waals surface area contributed by atoms with E-state index in [0.717, 1.165) is 55.7 Å². The molecule has 0 atom stereocenters. The quantitative estimate of drug-likeness (QED) is 0.482. The fraction of sp³-hybridized carbons (Fsp3) is 0.346. The predicted octanol–water partition coefficient (Wildman–Crippen LogP) is 3.28. The third-order valence-electron chi connectivity index (χ3n) is 6.96. The molecule has 8 nitrogen and oxygen atoms in total. The summed E-state index contributed by atoms with van der Waals surface area (Å²) in [7, 11) is 2.15. The number of hydrogen-bond acceptors (Lipinski definition) is 5. The molecule has 1 saturated heterocycles. The lowest BCUT2D eigenvalue weighted by atomic mass is 10.1. The van der Waals surface area contributed by atoms with E-state index < -0.39 is 5.82 Å². The van der Waals surface area contributed by atoms with Gasteiger partial charge in [-0.3, -0.25) is 4.79 Å². The van der Waals surface area contributed by atoms with Crippen molar-refractivity contribution in [1.82, 2.24) is 29.6 Å². The van der Waals surface area contributed by atoms with E-state index in [2.05, 4.69) is 44.5 Å². The molecule has 6 rings (SSSR count). The Kier molecular flexibility index (Phi) is 5.29. The topological polar surface area (TPSA) is 70.7 Å². The summed E-state index contributed by atoms with van der Waals surface area (Å²) in [5.74, 6) is -0.895. The van der Waals surface area contributed by atoms with E-state index in [9.17, 15) is 9.18 Å². The van der Waals surface area contributed by atoms with Crippen LogP contribution in [0.2, 0.25) is 0 Å². The van der Waals surface area contributed by atoms with Gasteiger partial charge in [0.25, 0.3) is 5.91 Å². The largest absolute Gasteiger partial charge is 0.369 e. The Hall–Kier alpha value is -3.72. The molecule has 4 heterocycles. The number of aryl methyl sites for hydroxylation is 1. The van der Waals surface area contributed by atoms with Crippen LogP contribution in [-0.4, -0.2) is 69.5 Å². The molecular weight excluding hydrogens is 445 g/mol. The highest BCUT2D eigenvalue weighted by molar-refractivity contribution is 5.95. The number of benzene rings is 1. The molecule has 2 fully saturated rings. The Morgan fingerprint density at radius 2 is 1.89 bits per heavy atom. The highest BCUT2D eigenvalue weighted by atomic mass is 19.1. The molecular formula is C26H28FN7O. The molecule has 4 aromatic rings. The van der Waals surface area contributed by atoms with Crippen molar-refractivity contribution < 1.29 is 9.18 Å². The van der Waals surface area contributed by atoms with Gasteiger partial charge in [0, 0.05) is 61.4 Å². The first kappa shape index (κ1) is 21.8. The fourth-order valence-electron chi connectivity index (χ4n) is 4.62. The number of amides is 1. The number of hydrogen-bond donors (Lipinski definition) is 1. The molecule has 35 heavy (non-hydrogen) atoms. The average molecular weight is 474 g/mol. The van der Waals surface area contributed by atoms with Gasteiger partial charge >= 0.3 is 0 Å². The second-order valence-electron chi connectivity index (χ2n) is 9.60.